The lowest BCUT2D eigenvalue weighted by atomic mass is 10.2. The molecular weight excluding hydrogens is 310 g/mol. The summed E-state index contributed by atoms with van der Waals surface area (Å²) in [6, 6.07) is 5.73. The Morgan fingerprint density at radius 2 is 1.95 bits per heavy atom. The summed E-state index contributed by atoms with van der Waals surface area (Å²) in [5.74, 6) is 0.0180. The van der Waals surface area contributed by atoms with Crippen LogP contribution in [-0.2, 0) is 10.0 Å². The minimum absolute atomic E-state index is 0.0180. The van der Waals surface area contributed by atoms with Crippen molar-refractivity contribution < 1.29 is 8.42 Å². The lowest BCUT2D eigenvalue weighted by molar-refractivity contribution is 0.600. The highest BCUT2D eigenvalue weighted by Crippen LogP contribution is 2.28. The first-order chi connectivity index (χ1) is 9.94. The zero-order chi connectivity index (χ0) is 15.0. The van der Waals surface area contributed by atoms with Crippen LogP contribution < -0.4 is 10.5 Å². The van der Waals surface area contributed by atoms with Gasteiger partial charge in [-0.1, -0.05) is 17.4 Å². The Hall–Kier alpha value is -2.26. The van der Waals surface area contributed by atoms with Crippen LogP contribution in [0.15, 0.2) is 35.5 Å². The van der Waals surface area contributed by atoms with Crippen molar-refractivity contribution in [2.45, 2.75) is 11.8 Å². The molecule has 0 radical (unpaired) electrons. The van der Waals surface area contributed by atoms with Gasteiger partial charge >= 0.3 is 0 Å². The molecule has 2 aromatic heterocycles. The quantitative estimate of drug-likeness (QED) is 0.760. The monoisotopic (exact) mass is 321 g/mol. The molecule has 3 N–H and O–H groups in total. The van der Waals surface area contributed by atoms with Crippen LogP contribution in [0.5, 0.6) is 0 Å². The molecule has 0 spiro atoms. The van der Waals surface area contributed by atoms with E-state index in [4.69, 9.17) is 5.73 Å². The van der Waals surface area contributed by atoms with Gasteiger partial charge in [0.1, 0.15) is 4.90 Å². The molecule has 0 saturated heterocycles. The molecule has 0 aliphatic rings. The van der Waals surface area contributed by atoms with E-state index in [2.05, 4.69) is 19.7 Å². The number of thiazole rings is 1. The van der Waals surface area contributed by atoms with E-state index >= 15 is 0 Å². The summed E-state index contributed by atoms with van der Waals surface area (Å²) in [4.78, 5) is 11.5. The number of rotatable bonds is 3. The molecule has 0 saturated carbocycles. The third kappa shape index (κ3) is 2.78. The summed E-state index contributed by atoms with van der Waals surface area (Å²) in [6.45, 7) is 1.97. The number of aryl methyl sites for hydroxylation is 1. The van der Waals surface area contributed by atoms with Crippen LogP contribution in [0.4, 0.5) is 11.1 Å². The van der Waals surface area contributed by atoms with Crippen molar-refractivity contribution in [1.29, 1.82) is 0 Å². The summed E-state index contributed by atoms with van der Waals surface area (Å²) in [5, 5.41) is 0.299. The standard InChI is InChI=1S/C12H11N5O2S2/c1-7-2-3-9-10(4-7)20-12(16-9)17-21(18,19)8-5-14-11(13)15-6-8/h2-6H,1H3,(H,16,17)(H2,13,14,15). The average Bonchev–Trinajstić information content (AvgIpc) is 2.79. The maximum absolute atomic E-state index is 12.2. The average molecular weight is 321 g/mol. The Balaban J connectivity index is 1.95. The van der Waals surface area contributed by atoms with Crippen LogP contribution in [0.1, 0.15) is 5.56 Å². The maximum Gasteiger partial charge on any atom is 0.266 e. The highest BCUT2D eigenvalue weighted by molar-refractivity contribution is 7.93. The van der Waals surface area contributed by atoms with Gasteiger partial charge in [-0.15, -0.1) is 0 Å². The first-order valence-electron chi connectivity index (χ1n) is 5.91. The number of sulfonamides is 1. The minimum atomic E-state index is -3.77. The van der Waals surface area contributed by atoms with Gasteiger partial charge in [0.2, 0.25) is 5.95 Å². The summed E-state index contributed by atoms with van der Waals surface area (Å²) in [7, 11) is -3.77. The van der Waals surface area contributed by atoms with E-state index in [0.717, 1.165) is 28.2 Å². The normalized spacial score (nSPS) is 11.7. The molecule has 0 atom stereocenters. The number of fused-ring (bicyclic) bond motifs is 1. The SMILES string of the molecule is Cc1ccc2nc(NS(=O)(=O)c3cnc(N)nc3)sc2c1. The summed E-state index contributed by atoms with van der Waals surface area (Å²) < 4.78 is 27.7. The Morgan fingerprint density at radius 3 is 2.67 bits per heavy atom. The Labute approximate surface area is 124 Å². The van der Waals surface area contributed by atoms with E-state index in [0.29, 0.717) is 5.13 Å². The van der Waals surface area contributed by atoms with Crippen molar-refractivity contribution in [1.82, 2.24) is 15.0 Å². The predicted molar refractivity (Wildman–Crippen MR) is 81.6 cm³/mol. The molecule has 0 aliphatic heterocycles. The molecule has 2 heterocycles. The lowest BCUT2D eigenvalue weighted by Gasteiger charge is -2.03. The molecule has 1 aromatic carbocycles. The molecule has 9 heteroatoms. The number of hydrogen-bond acceptors (Lipinski definition) is 7. The van der Waals surface area contributed by atoms with E-state index in [1.807, 2.05) is 25.1 Å². The Bertz CT molecular complexity index is 903. The molecule has 3 aromatic rings. The van der Waals surface area contributed by atoms with E-state index in [1.54, 1.807) is 0 Å². The van der Waals surface area contributed by atoms with Gasteiger partial charge in [0.15, 0.2) is 5.13 Å². The number of anilines is 2. The predicted octanol–water partition coefficient (Wildman–Crippen LogP) is 1.78. The van der Waals surface area contributed by atoms with Gasteiger partial charge in [-0.2, -0.15) is 0 Å². The largest absolute Gasteiger partial charge is 0.368 e. The van der Waals surface area contributed by atoms with Gasteiger partial charge in [0.05, 0.1) is 22.6 Å². The smallest absolute Gasteiger partial charge is 0.266 e. The molecule has 108 valence electrons. The zero-order valence-corrected chi connectivity index (χ0v) is 12.6. The van der Waals surface area contributed by atoms with Crippen molar-refractivity contribution in [2.24, 2.45) is 0 Å². The van der Waals surface area contributed by atoms with E-state index in [9.17, 15) is 8.42 Å². The Kier molecular flexibility index (Phi) is 3.22. The zero-order valence-electron chi connectivity index (χ0n) is 10.9. The second kappa shape index (κ2) is 4.93. The third-order valence-corrected chi connectivity index (χ3v) is 5.08. The first kappa shape index (κ1) is 13.7. The number of benzene rings is 1. The summed E-state index contributed by atoms with van der Waals surface area (Å²) in [6.07, 6.45) is 2.31. The number of nitrogens with zero attached hydrogens (tertiary/aromatic N) is 3. The number of aromatic nitrogens is 3. The topological polar surface area (TPSA) is 111 Å². The van der Waals surface area contributed by atoms with Crippen LogP contribution >= 0.6 is 11.3 Å². The molecular formula is C12H11N5O2S2. The van der Waals surface area contributed by atoms with Crippen LogP contribution in [0.3, 0.4) is 0 Å². The number of nitrogens with two attached hydrogens (primary N) is 1. The second-order valence-corrected chi connectivity index (χ2v) is 7.09. The number of nitrogen functional groups attached to an aromatic ring is 1. The van der Waals surface area contributed by atoms with Crippen molar-refractivity contribution in [2.75, 3.05) is 10.5 Å². The molecule has 0 unspecified atom stereocenters. The van der Waals surface area contributed by atoms with Gasteiger partial charge in [-0.3, -0.25) is 4.72 Å². The lowest BCUT2D eigenvalue weighted by Crippen LogP contribution is -2.13. The fraction of sp³-hybridized carbons (Fsp3) is 0.0833. The first-order valence-corrected chi connectivity index (χ1v) is 8.21. The fourth-order valence-electron chi connectivity index (χ4n) is 1.71. The van der Waals surface area contributed by atoms with E-state index in [1.165, 1.54) is 11.3 Å². The van der Waals surface area contributed by atoms with Gasteiger partial charge in [-0.25, -0.2) is 23.4 Å². The number of hydrogen-bond donors (Lipinski definition) is 2. The molecule has 0 aliphatic carbocycles. The van der Waals surface area contributed by atoms with Gasteiger partial charge < -0.3 is 5.73 Å². The van der Waals surface area contributed by atoms with Gasteiger partial charge in [-0.05, 0) is 24.6 Å². The Morgan fingerprint density at radius 1 is 1.24 bits per heavy atom. The third-order valence-electron chi connectivity index (χ3n) is 2.72. The van der Waals surface area contributed by atoms with Gasteiger partial charge in [0.25, 0.3) is 10.0 Å². The molecule has 0 amide bonds. The second-order valence-electron chi connectivity index (χ2n) is 4.37. The van der Waals surface area contributed by atoms with Crippen molar-refractivity contribution in [3.63, 3.8) is 0 Å². The summed E-state index contributed by atoms with van der Waals surface area (Å²) >= 11 is 1.27. The van der Waals surface area contributed by atoms with Crippen LogP contribution in [0, 0.1) is 6.92 Å². The molecule has 0 bridgehead atoms. The maximum atomic E-state index is 12.2. The number of nitrogens with one attached hydrogen (secondary N) is 1. The van der Waals surface area contributed by atoms with Crippen LogP contribution in [-0.4, -0.2) is 23.4 Å². The highest BCUT2D eigenvalue weighted by atomic mass is 32.2. The fourth-order valence-corrected chi connectivity index (χ4v) is 3.80. The van der Waals surface area contributed by atoms with Crippen molar-refractivity contribution >= 4 is 42.7 Å². The van der Waals surface area contributed by atoms with E-state index in [-0.39, 0.29) is 10.8 Å². The van der Waals surface area contributed by atoms with Crippen LogP contribution in [0.2, 0.25) is 0 Å². The van der Waals surface area contributed by atoms with Crippen LogP contribution in [0.25, 0.3) is 10.2 Å². The summed E-state index contributed by atoms with van der Waals surface area (Å²) in [5.41, 5.74) is 7.18. The van der Waals surface area contributed by atoms with Crippen molar-refractivity contribution in [3.05, 3.63) is 36.2 Å². The van der Waals surface area contributed by atoms with Crippen molar-refractivity contribution in [3.8, 4) is 0 Å². The van der Waals surface area contributed by atoms with Gasteiger partial charge in [0, 0.05) is 0 Å². The van der Waals surface area contributed by atoms with E-state index < -0.39 is 10.0 Å². The molecule has 21 heavy (non-hydrogen) atoms. The molecule has 0 fully saturated rings. The molecule has 3 rings (SSSR count). The highest BCUT2D eigenvalue weighted by Gasteiger charge is 2.17. The molecule has 7 nitrogen and oxygen atoms in total. The minimum Gasteiger partial charge on any atom is -0.368 e.